The lowest BCUT2D eigenvalue weighted by atomic mass is 10.0. The van der Waals surface area contributed by atoms with E-state index in [1.807, 2.05) is 21.1 Å². The van der Waals surface area contributed by atoms with Gasteiger partial charge in [0, 0.05) is 12.8 Å². The summed E-state index contributed by atoms with van der Waals surface area (Å²) in [6, 6.07) is 0. The molecule has 9 nitrogen and oxygen atoms in total. The molecule has 0 aliphatic heterocycles. The van der Waals surface area contributed by atoms with Crippen molar-refractivity contribution in [3.63, 3.8) is 0 Å². The van der Waals surface area contributed by atoms with Gasteiger partial charge in [0.25, 0.3) is 7.82 Å². The quantitative estimate of drug-likeness (QED) is 0.0195. The number of phosphoric ester groups is 1. The van der Waals surface area contributed by atoms with E-state index in [4.69, 9.17) is 18.5 Å². The van der Waals surface area contributed by atoms with Crippen LogP contribution in [0.5, 0.6) is 0 Å². The number of hydrogen-bond donors (Lipinski definition) is 0. The number of quaternary nitrogens is 1. The molecule has 2 atom stereocenters. The normalized spacial score (nSPS) is 13.6. The number of allylic oxidation sites excluding steroid dienone is 20. The highest BCUT2D eigenvalue weighted by Gasteiger charge is 2.22. The Morgan fingerprint density at radius 3 is 0.833 bits per heavy atom. The Balaban J connectivity index is 3.91. The van der Waals surface area contributed by atoms with Crippen LogP contribution in [0, 0.1) is 0 Å². The van der Waals surface area contributed by atoms with Gasteiger partial charge in [-0.25, -0.2) is 0 Å². The van der Waals surface area contributed by atoms with Crippen LogP contribution in [-0.4, -0.2) is 70.0 Å². The zero-order chi connectivity index (χ0) is 74.0. The van der Waals surface area contributed by atoms with Crippen LogP contribution in [0.1, 0.15) is 399 Å². The van der Waals surface area contributed by atoms with Crippen LogP contribution in [-0.2, 0) is 32.7 Å². The number of nitrogens with zero attached hydrogens (tertiary/aromatic N) is 1. The predicted octanol–water partition coefficient (Wildman–Crippen LogP) is 28.7. The van der Waals surface area contributed by atoms with Crippen molar-refractivity contribution in [2.24, 2.45) is 0 Å². The fraction of sp³-hybridized carbons (Fsp3) is 0.761. The minimum atomic E-state index is -4.65. The number of likely N-dealkylation sites (N-methyl/N-ethyl adjacent to an activating group) is 1. The van der Waals surface area contributed by atoms with Gasteiger partial charge in [-0.05, 0) is 109 Å². The first kappa shape index (κ1) is 98.4. The zero-order valence-corrected chi connectivity index (χ0v) is 68.4. The summed E-state index contributed by atoms with van der Waals surface area (Å²) in [5, 5.41) is 0. The first-order valence-corrected chi connectivity index (χ1v) is 44.7. The van der Waals surface area contributed by atoms with Crippen LogP contribution in [0.2, 0.25) is 0 Å². The molecule has 0 radical (unpaired) electrons. The average molecular weight is 1440 g/mol. The summed E-state index contributed by atoms with van der Waals surface area (Å²) < 4.78 is 34.5. The summed E-state index contributed by atoms with van der Waals surface area (Å²) in [6.07, 6.45) is 118. The van der Waals surface area contributed by atoms with E-state index in [9.17, 15) is 19.0 Å². The summed E-state index contributed by atoms with van der Waals surface area (Å²) in [5.74, 6) is -0.816. The van der Waals surface area contributed by atoms with Crippen LogP contribution in [0.15, 0.2) is 122 Å². The number of unbranched alkanes of at least 4 members (excludes halogenated alkanes) is 46. The van der Waals surface area contributed by atoms with E-state index in [0.717, 1.165) is 96.3 Å². The van der Waals surface area contributed by atoms with Gasteiger partial charge < -0.3 is 27.9 Å². The molecule has 0 heterocycles. The average Bonchev–Trinajstić information content (AvgIpc) is 0.916. The van der Waals surface area contributed by atoms with E-state index >= 15 is 0 Å². The maximum atomic E-state index is 12.9. The Morgan fingerprint density at radius 1 is 0.314 bits per heavy atom. The third-order valence-electron chi connectivity index (χ3n) is 19.0. The van der Waals surface area contributed by atoms with Crippen molar-refractivity contribution in [1.29, 1.82) is 0 Å². The molecule has 0 N–H and O–H groups in total. The number of hydrogen-bond acceptors (Lipinski definition) is 8. The van der Waals surface area contributed by atoms with Gasteiger partial charge in [0.05, 0.1) is 27.7 Å². The third kappa shape index (κ3) is 85.3. The summed E-state index contributed by atoms with van der Waals surface area (Å²) >= 11 is 0. The minimum Gasteiger partial charge on any atom is -0.756 e. The van der Waals surface area contributed by atoms with Crippen molar-refractivity contribution in [2.45, 2.75) is 405 Å². The molecule has 0 bridgehead atoms. The maximum Gasteiger partial charge on any atom is 0.306 e. The standard InChI is InChI=1S/C92H164NO8P/c1-6-8-10-12-14-16-18-20-22-24-26-28-30-32-34-36-38-40-42-44-45-46-47-49-51-53-55-57-59-61-63-65-67-69-71-73-75-77-79-81-83-85-92(95)101-90(89-100-102(96,97)99-87-86-93(3,4)5)88-98-91(94)84-82-80-78-76-74-72-70-68-66-64-62-60-58-56-54-52-50-48-43-41-39-37-35-33-31-29-27-25-23-21-19-17-15-13-11-9-7-2/h8,10,14,16,19-22,25-28,31-34,38,40,44-45,90H,6-7,9,11-13,15,17-18,23-24,29-30,35-37,39,41-43,46-89H2,1-5H3/b10-8-,16-14-,21-19-,22-20-,27-25-,28-26-,33-31-,34-32-,40-38-,45-44-. The summed E-state index contributed by atoms with van der Waals surface area (Å²) in [4.78, 5) is 38.3. The Morgan fingerprint density at radius 2 is 0.559 bits per heavy atom. The molecule has 0 fully saturated rings. The van der Waals surface area contributed by atoms with E-state index in [-0.39, 0.29) is 32.0 Å². The third-order valence-corrected chi connectivity index (χ3v) is 19.9. The number of carbonyl (C=O) groups is 2. The van der Waals surface area contributed by atoms with Crippen LogP contribution in [0.4, 0.5) is 0 Å². The number of ether oxygens (including phenoxy) is 2. The van der Waals surface area contributed by atoms with Crippen LogP contribution >= 0.6 is 7.82 Å². The Kier molecular flexibility index (Phi) is 78.6. The van der Waals surface area contributed by atoms with Gasteiger partial charge in [0.2, 0.25) is 0 Å². The van der Waals surface area contributed by atoms with E-state index in [1.54, 1.807) is 0 Å². The molecule has 0 saturated carbocycles. The smallest absolute Gasteiger partial charge is 0.306 e. The molecule has 0 spiro atoms. The van der Waals surface area contributed by atoms with Crippen LogP contribution < -0.4 is 4.89 Å². The molecule has 10 heteroatoms. The molecule has 0 aromatic heterocycles. The van der Waals surface area contributed by atoms with Crippen molar-refractivity contribution < 1.29 is 42.1 Å². The van der Waals surface area contributed by atoms with Crippen molar-refractivity contribution in [3.05, 3.63) is 122 Å². The lowest BCUT2D eigenvalue weighted by molar-refractivity contribution is -0.870. The summed E-state index contributed by atoms with van der Waals surface area (Å²) in [7, 11) is 1.18. The highest BCUT2D eigenvalue weighted by molar-refractivity contribution is 7.45. The van der Waals surface area contributed by atoms with Crippen LogP contribution in [0.25, 0.3) is 0 Å². The zero-order valence-electron chi connectivity index (χ0n) is 67.5. The summed E-state index contributed by atoms with van der Waals surface area (Å²) in [5.41, 5.74) is 0. The van der Waals surface area contributed by atoms with Crippen molar-refractivity contribution in [3.8, 4) is 0 Å². The lowest BCUT2D eigenvalue weighted by Gasteiger charge is -2.28. The van der Waals surface area contributed by atoms with E-state index in [1.165, 1.54) is 270 Å². The predicted molar refractivity (Wildman–Crippen MR) is 443 cm³/mol. The summed E-state index contributed by atoms with van der Waals surface area (Å²) in [6.45, 7) is 4.16. The van der Waals surface area contributed by atoms with Crippen molar-refractivity contribution >= 4 is 19.8 Å². The van der Waals surface area contributed by atoms with E-state index < -0.39 is 26.5 Å². The van der Waals surface area contributed by atoms with Gasteiger partial charge in [0.1, 0.15) is 19.8 Å². The van der Waals surface area contributed by atoms with E-state index in [0.29, 0.717) is 17.4 Å². The van der Waals surface area contributed by atoms with E-state index in [2.05, 4.69) is 135 Å². The van der Waals surface area contributed by atoms with Crippen molar-refractivity contribution in [2.75, 3.05) is 47.5 Å². The lowest BCUT2D eigenvalue weighted by Crippen LogP contribution is -2.37. The maximum absolute atomic E-state index is 12.9. The van der Waals surface area contributed by atoms with Crippen LogP contribution in [0.3, 0.4) is 0 Å². The SMILES string of the molecule is CC/C=C\C/C=C\C/C=C\C/C=C\C/C=C\C/C=C\C/C=C\CCCCCCCCCCCCCCCCCCCCCC(=O)OC(COC(=O)CCCCCCCCCCCCCCCCCCCCCCCC/C=C\C/C=C\C/C=C\CCCCCCC)COP(=O)([O-])OCC[N+](C)(C)C. The molecule has 590 valence electrons. The Bertz CT molecular complexity index is 2140. The first-order chi connectivity index (χ1) is 50.0. The molecule has 0 aliphatic rings. The monoisotopic (exact) mass is 1440 g/mol. The Labute approximate surface area is 632 Å². The number of carbonyl (C=O) groups excluding carboxylic acids is 2. The number of esters is 2. The molecule has 102 heavy (non-hydrogen) atoms. The fourth-order valence-corrected chi connectivity index (χ4v) is 13.1. The highest BCUT2D eigenvalue weighted by atomic mass is 31.2. The van der Waals surface area contributed by atoms with Gasteiger partial charge in [-0.3, -0.25) is 14.2 Å². The first-order valence-electron chi connectivity index (χ1n) is 43.2. The molecular weight excluding hydrogens is 1280 g/mol. The molecule has 0 aliphatic carbocycles. The largest absolute Gasteiger partial charge is 0.756 e. The van der Waals surface area contributed by atoms with Gasteiger partial charge in [-0.15, -0.1) is 0 Å². The van der Waals surface area contributed by atoms with Crippen molar-refractivity contribution in [1.82, 2.24) is 0 Å². The van der Waals surface area contributed by atoms with Gasteiger partial charge in [-0.1, -0.05) is 399 Å². The Hall–Kier alpha value is -3.59. The highest BCUT2D eigenvalue weighted by Crippen LogP contribution is 2.38. The molecule has 0 aromatic rings. The fourth-order valence-electron chi connectivity index (χ4n) is 12.4. The molecule has 0 saturated heterocycles. The van der Waals surface area contributed by atoms with Gasteiger partial charge in [0.15, 0.2) is 6.10 Å². The molecule has 0 rings (SSSR count). The minimum absolute atomic E-state index is 0.0315. The number of phosphoric acid groups is 1. The second-order valence-electron chi connectivity index (χ2n) is 30.2. The molecule has 0 amide bonds. The topological polar surface area (TPSA) is 111 Å². The van der Waals surface area contributed by atoms with Gasteiger partial charge >= 0.3 is 11.9 Å². The molecule has 0 aromatic carbocycles. The number of rotatable bonds is 80. The second kappa shape index (κ2) is 81.5. The van der Waals surface area contributed by atoms with Gasteiger partial charge in [-0.2, -0.15) is 0 Å². The second-order valence-corrected chi connectivity index (χ2v) is 31.6. The molecular formula is C92H164NO8P. The molecule has 2 unspecified atom stereocenters.